The van der Waals surface area contributed by atoms with Crippen LogP contribution in [0, 0.1) is 0 Å². The molecule has 0 radical (unpaired) electrons. The molecular weight excluding hydrogens is 276 g/mol. The Morgan fingerprint density at radius 3 is 2.19 bits per heavy atom. The van der Waals surface area contributed by atoms with Crippen LogP contribution in [0.25, 0.3) is 0 Å². The van der Waals surface area contributed by atoms with E-state index in [1.54, 1.807) is 0 Å². The van der Waals surface area contributed by atoms with Gasteiger partial charge in [-0.15, -0.1) is 11.3 Å². The topological polar surface area (TPSA) is 15.3 Å². The lowest BCUT2D eigenvalue weighted by atomic mass is 9.95. The van der Waals surface area contributed by atoms with Crippen molar-refractivity contribution in [3.05, 3.63) is 21.9 Å². The summed E-state index contributed by atoms with van der Waals surface area (Å²) in [5, 5.41) is 3.76. The Bertz CT molecular complexity index is 443. The molecule has 0 bridgehead atoms. The first-order valence-corrected chi connectivity index (χ1v) is 9.05. The van der Waals surface area contributed by atoms with E-state index in [1.165, 1.54) is 35.7 Å². The fourth-order valence-electron chi connectivity index (χ4n) is 2.88. The number of piperidine rings is 1. The third-order valence-corrected chi connectivity index (χ3v) is 5.92. The van der Waals surface area contributed by atoms with Crippen molar-refractivity contribution >= 4 is 11.3 Å². The molecule has 1 aromatic rings. The van der Waals surface area contributed by atoms with Crippen LogP contribution < -0.4 is 5.32 Å². The fourth-order valence-corrected chi connectivity index (χ4v) is 3.89. The number of likely N-dealkylation sites (tertiary alicyclic amines) is 1. The van der Waals surface area contributed by atoms with Crippen LogP contribution in [-0.2, 0) is 12.0 Å². The number of thiophene rings is 1. The van der Waals surface area contributed by atoms with Gasteiger partial charge in [-0.2, -0.15) is 0 Å². The molecule has 3 heteroatoms. The van der Waals surface area contributed by atoms with Crippen molar-refractivity contribution < 1.29 is 0 Å². The van der Waals surface area contributed by atoms with Crippen molar-refractivity contribution in [2.24, 2.45) is 0 Å². The quantitative estimate of drug-likeness (QED) is 0.890. The first-order valence-electron chi connectivity index (χ1n) is 8.24. The Morgan fingerprint density at radius 2 is 1.71 bits per heavy atom. The molecule has 2 rings (SSSR count). The zero-order valence-corrected chi connectivity index (χ0v) is 15.4. The average Bonchev–Trinajstić information content (AvgIpc) is 2.84. The summed E-state index contributed by atoms with van der Waals surface area (Å²) in [5.41, 5.74) is 0.599. The third-order valence-electron chi connectivity index (χ3n) is 4.41. The first kappa shape index (κ1) is 17.0. The summed E-state index contributed by atoms with van der Waals surface area (Å²) in [6.07, 6.45) is 2.55. The van der Waals surface area contributed by atoms with Crippen LogP contribution in [0.2, 0.25) is 0 Å². The van der Waals surface area contributed by atoms with Crippen molar-refractivity contribution in [1.29, 1.82) is 0 Å². The summed E-state index contributed by atoms with van der Waals surface area (Å²) in [6.45, 7) is 17.3. The second-order valence-electron chi connectivity index (χ2n) is 8.33. The standard InChI is InChI=1S/C18H32N2S/c1-17(2,3)16-8-7-15(21-16)13-19-14-9-11-20(12-10-14)18(4,5)6/h7-8,14,19H,9-13H2,1-6H3. The van der Waals surface area contributed by atoms with E-state index in [-0.39, 0.29) is 5.41 Å². The number of hydrogen-bond donors (Lipinski definition) is 1. The fraction of sp³-hybridized carbons (Fsp3) is 0.778. The van der Waals surface area contributed by atoms with Gasteiger partial charge in [-0.25, -0.2) is 0 Å². The van der Waals surface area contributed by atoms with Crippen molar-refractivity contribution in [2.45, 2.75) is 77.9 Å². The van der Waals surface area contributed by atoms with Crippen molar-refractivity contribution in [2.75, 3.05) is 13.1 Å². The highest BCUT2D eigenvalue weighted by molar-refractivity contribution is 7.12. The minimum Gasteiger partial charge on any atom is -0.309 e. The van der Waals surface area contributed by atoms with E-state index in [2.05, 4.69) is 63.9 Å². The Morgan fingerprint density at radius 1 is 1.10 bits per heavy atom. The van der Waals surface area contributed by atoms with Gasteiger partial charge in [0.25, 0.3) is 0 Å². The molecule has 21 heavy (non-hydrogen) atoms. The van der Waals surface area contributed by atoms with Crippen molar-refractivity contribution in [1.82, 2.24) is 10.2 Å². The van der Waals surface area contributed by atoms with Crippen LogP contribution in [0.1, 0.15) is 64.1 Å². The Labute approximate surface area is 134 Å². The van der Waals surface area contributed by atoms with Crippen LogP contribution in [0.5, 0.6) is 0 Å². The molecule has 2 heterocycles. The molecule has 0 atom stereocenters. The van der Waals surface area contributed by atoms with Crippen molar-refractivity contribution in [3.63, 3.8) is 0 Å². The normalized spacial score (nSPS) is 19.1. The number of nitrogens with zero attached hydrogens (tertiary/aromatic N) is 1. The van der Waals surface area contributed by atoms with Gasteiger partial charge >= 0.3 is 0 Å². The average molecular weight is 309 g/mol. The van der Waals surface area contributed by atoms with Crippen LogP contribution >= 0.6 is 11.3 Å². The number of hydrogen-bond acceptors (Lipinski definition) is 3. The van der Waals surface area contributed by atoms with E-state index in [9.17, 15) is 0 Å². The van der Waals surface area contributed by atoms with Crippen LogP contribution in [0.3, 0.4) is 0 Å². The number of rotatable bonds is 3. The summed E-state index contributed by atoms with van der Waals surface area (Å²) in [6, 6.07) is 5.27. The van der Waals surface area contributed by atoms with E-state index in [4.69, 9.17) is 0 Å². The molecule has 1 aliphatic rings. The lowest BCUT2D eigenvalue weighted by molar-refractivity contribution is 0.0961. The Hall–Kier alpha value is -0.380. The second kappa shape index (κ2) is 6.39. The molecule has 1 aliphatic heterocycles. The molecule has 1 N–H and O–H groups in total. The molecule has 0 aliphatic carbocycles. The van der Waals surface area contributed by atoms with E-state index < -0.39 is 0 Å². The molecule has 0 amide bonds. The van der Waals surface area contributed by atoms with E-state index in [0.717, 1.165) is 6.54 Å². The zero-order chi connectivity index (χ0) is 15.7. The summed E-state index contributed by atoms with van der Waals surface area (Å²) < 4.78 is 0. The minimum absolute atomic E-state index is 0.279. The molecular formula is C18H32N2S. The molecule has 1 aromatic heterocycles. The molecule has 0 aromatic carbocycles. The molecule has 1 fully saturated rings. The monoisotopic (exact) mass is 308 g/mol. The smallest absolute Gasteiger partial charge is 0.0302 e. The zero-order valence-electron chi connectivity index (χ0n) is 14.6. The first-order chi connectivity index (χ1) is 9.66. The predicted molar refractivity (Wildman–Crippen MR) is 94.2 cm³/mol. The maximum atomic E-state index is 3.76. The highest BCUT2D eigenvalue weighted by atomic mass is 32.1. The van der Waals surface area contributed by atoms with Gasteiger partial charge < -0.3 is 5.32 Å². The van der Waals surface area contributed by atoms with Gasteiger partial charge in [-0.3, -0.25) is 4.90 Å². The second-order valence-corrected chi connectivity index (χ2v) is 9.50. The number of nitrogens with one attached hydrogen (secondary N) is 1. The summed E-state index contributed by atoms with van der Waals surface area (Å²) in [5.74, 6) is 0. The van der Waals surface area contributed by atoms with Gasteiger partial charge in [0.1, 0.15) is 0 Å². The van der Waals surface area contributed by atoms with Gasteiger partial charge in [-0.1, -0.05) is 20.8 Å². The molecule has 2 nitrogen and oxygen atoms in total. The lowest BCUT2D eigenvalue weighted by Crippen LogP contribution is -2.49. The van der Waals surface area contributed by atoms with Crippen LogP contribution in [0.15, 0.2) is 12.1 Å². The predicted octanol–water partition coefficient (Wildman–Crippen LogP) is 4.40. The summed E-state index contributed by atoms with van der Waals surface area (Å²) in [7, 11) is 0. The van der Waals surface area contributed by atoms with E-state index in [0.29, 0.717) is 11.6 Å². The van der Waals surface area contributed by atoms with E-state index >= 15 is 0 Å². The maximum Gasteiger partial charge on any atom is 0.0302 e. The van der Waals surface area contributed by atoms with Gasteiger partial charge in [-0.05, 0) is 51.2 Å². The van der Waals surface area contributed by atoms with Crippen molar-refractivity contribution in [3.8, 4) is 0 Å². The molecule has 120 valence electrons. The van der Waals surface area contributed by atoms with Gasteiger partial charge in [0.05, 0.1) is 0 Å². The Balaban J connectivity index is 1.79. The molecule has 0 spiro atoms. The summed E-state index contributed by atoms with van der Waals surface area (Å²) in [4.78, 5) is 5.56. The largest absolute Gasteiger partial charge is 0.309 e. The van der Waals surface area contributed by atoms with Gasteiger partial charge in [0, 0.05) is 41.0 Å². The molecule has 1 saturated heterocycles. The SMILES string of the molecule is CC(C)(C)c1ccc(CNC2CCN(C(C)(C)C)CC2)s1. The van der Waals surface area contributed by atoms with Gasteiger partial charge in [0.15, 0.2) is 0 Å². The molecule has 0 saturated carbocycles. The van der Waals surface area contributed by atoms with E-state index in [1.807, 2.05) is 11.3 Å². The third kappa shape index (κ3) is 4.80. The van der Waals surface area contributed by atoms with Crippen LogP contribution in [0.4, 0.5) is 0 Å². The highest BCUT2D eigenvalue weighted by Crippen LogP contribution is 2.29. The lowest BCUT2D eigenvalue weighted by Gasteiger charge is -2.41. The minimum atomic E-state index is 0.279. The molecule has 0 unspecified atom stereocenters. The highest BCUT2D eigenvalue weighted by Gasteiger charge is 2.26. The maximum absolute atomic E-state index is 3.76. The van der Waals surface area contributed by atoms with Gasteiger partial charge in [0.2, 0.25) is 0 Å². The summed E-state index contributed by atoms with van der Waals surface area (Å²) >= 11 is 1.96. The van der Waals surface area contributed by atoms with Crippen LogP contribution in [-0.4, -0.2) is 29.6 Å². The Kier molecular flexibility index (Phi) is 5.17.